The number of aryl methyl sites for hydroxylation is 2. The van der Waals surface area contributed by atoms with E-state index in [1.165, 1.54) is 31.2 Å². The maximum atomic E-state index is 9.95. The second-order valence-electron chi connectivity index (χ2n) is 7.66. The summed E-state index contributed by atoms with van der Waals surface area (Å²) in [4.78, 5) is 2.49. The summed E-state index contributed by atoms with van der Waals surface area (Å²) in [5, 5.41) is 9.95. The van der Waals surface area contributed by atoms with Crippen molar-refractivity contribution in [1.82, 2.24) is 4.90 Å². The molecule has 0 amide bonds. The number of piperidine rings is 1. The Morgan fingerprint density at radius 2 is 2.00 bits per heavy atom. The lowest BCUT2D eigenvalue weighted by molar-refractivity contribution is 0.0876. The van der Waals surface area contributed by atoms with E-state index < -0.39 is 0 Å². The van der Waals surface area contributed by atoms with Gasteiger partial charge in [-0.15, -0.1) is 0 Å². The Bertz CT molecular complexity index is 516. The van der Waals surface area contributed by atoms with Crippen molar-refractivity contribution in [1.29, 1.82) is 0 Å². The van der Waals surface area contributed by atoms with Gasteiger partial charge in [-0.05, 0) is 67.6 Å². The van der Waals surface area contributed by atoms with Gasteiger partial charge in [0.15, 0.2) is 0 Å². The van der Waals surface area contributed by atoms with Gasteiger partial charge in [0, 0.05) is 25.7 Å². The zero-order valence-electron chi connectivity index (χ0n) is 14.5. The number of nitrogens with zero attached hydrogens (tertiary/aromatic N) is 1. The Labute approximate surface area is 140 Å². The average Bonchev–Trinajstić information content (AvgIpc) is 2.54. The van der Waals surface area contributed by atoms with E-state index in [1.807, 2.05) is 0 Å². The predicted octanol–water partition coefficient (Wildman–Crippen LogP) is 2.88. The molecule has 1 aromatic rings. The second-order valence-corrected chi connectivity index (χ2v) is 7.66. The van der Waals surface area contributed by atoms with Gasteiger partial charge in [0.2, 0.25) is 0 Å². The Balaban J connectivity index is 1.62. The average molecular weight is 316 g/mol. The smallest absolute Gasteiger partial charge is 0.0540 e. The highest BCUT2D eigenvalue weighted by atomic mass is 16.3. The van der Waals surface area contributed by atoms with Crippen LogP contribution in [-0.2, 0) is 19.4 Å². The molecule has 3 unspecified atom stereocenters. The van der Waals surface area contributed by atoms with E-state index in [4.69, 9.17) is 5.73 Å². The van der Waals surface area contributed by atoms with Crippen LogP contribution in [0.5, 0.6) is 0 Å². The van der Waals surface area contributed by atoms with E-state index in [1.54, 1.807) is 11.1 Å². The monoisotopic (exact) mass is 316 g/mol. The molecule has 2 aliphatic rings. The molecule has 3 heteroatoms. The third-order valence-corrected chi connectivity index (χ3v) is 5.54. The molecular formula is C20H32N2O. The van der Waals surface area contributed by atoms with E-state index in [-0.39, 0.29) is 12.1 Å². The third-order valence-electron chi connectivity index (χ3n) is 5.54. The number of nitrogens with two attached hydrogens (primary N) is 1. The fraction of sp³-hybridized carbons (Fsp3) is 0.700. The van der Waals surface area contributed by atoms with Crippen LogP contribution >= 0.6 is 0 Å². The van der Waals surface area contributed by atoms with E-state index in [9.17, 15) is 5.11 Å². The number of benzene rings is 1. The molecule has 0 radical (unpaired) electrons. The van der Waals surface area contributed by atoms with Gasteiger partial charge in [0.05, 0.1) is 6.10 Å². The minimum absolute atomic E-state index is 0.170. The van der Waals surface area contributed by atoms with Crippen LogP contribution in [0.15, 0.2) is 18.2 Å². The molecule has 3 atom stereocenters. The summed E-state index contributed by atoms with van der Waals surface area (Å²) in [6.45, 7) is 5.11. The minimum Gasteiger partial charge on any atom is -0.393 e. The summed E-state index contributed by atoms with van der Waals surface area (Å²) in [6.07, 6.45) is 7.79. The lowest BCUT2D eigenvalue weighted by atomic mass is 9.88. The Morgan fingerprint density at radius 1 is 1.22 bits per heavy atom. The topological polar surface area (TPSA) is 49.5 Å². The van der Waals surface area contributed by atoms with Crippen molar-refractivity contribution >= 4 is 0 Å². The van der Waals surface area contributed by atoms with Crippen molar-refractivity contribution in [2.75, 3.05) is 13.1 Å². The molecule has 3 N–H and O–H groups in total. The van der Waals surface area contributed by atoms with Crippen LogP contribution in [0.25, 0.3) is 0 Å². The van der Waals surface area contributed by atoms with Crippen molar-refractivity contribution in [2.24, 2.45) is 11.7 Å². The molecule has 3 rings (SSSR count). The maximum absolute atomic E-state index is 9.95. The number of aliphatic hydroxyl groups excluding tert-OH is 1. The maximum Gasteiger partial charge on any atom is 0.0540 e. The lowest BCUT2D eigenvalue weighted by Gasteiger charge is -2.37. The van der Waals surface area contributed by atoms with Crippen molar-refractivity contribution in [3.63, 3.8) is 0 Å². The quantitative estimate of drug-likeness (QED) is 0.878. The highest BCUT2D eigenvalue weighted by molar-refractivity contribution is 5.33. The molecule has 0 saturated carbocycles. The third kappa shape index (κ3) is 4.56. The van der Waals surface area contributed by atoms with Crippen LogP contribution in [0, 0.1) is 5.92 Å². The summed E-state index contributed by atoms with van der Waals surface area (Å²) in [6, 6.07) is 7.31. The largest absolute Gasteiger partial charge is 0.393 e. The zero-order valence-corrected chi connectivity index (χ0v) is 14.5. The molecular weight excluding hydrogens is 284 g/mol. The first kappa shape index (κ1) is 16.9. The number of likely N-dealkylation sites (tertiary alicyclic amines) is 1. The number of fused-ring (bicyclic) bond motifs is 1. The van der Waals surface area contributed by atoms with E-state index in [0.29, 0.717) is 5.92 Å². The van der Waals surface area contributed by atoms with Crippen molar-refractivity contribution in [3.8, 4) is 0 Å². The van der Waals surface area contributed by atoms with Crippen LogP contribution in [0.4, 0.5) is 0 Å². The molecule has 0 aromatic heterocycles. The number of hydrogen-bond acceptors (Lipinski definition) is 3. The Kier molecular flexibility index (Phi) is 5.73. The van der Waals surface area contributed by atoms with Gasteiger partial charge in [-0.2, -0.15) is 0 Å². The molecule has 0 bridgehead atoms. The van der Waals surface area contributed by atoms with Gasteiger partial charge in [0.1, 0.15) is 0 Å². The Hall–Kier alpha value is -0.900. The lowest BCUT2D eigenvalue weighted by Crippen LogP contribution is -2.47. The number of rotatable bonds is 5. The first-order valence-electron chi connectivity index (χ1n) is 9.40. The fourth-order valence-electron chi connectivity index (χ4n) is 4.34. The number of aliphatic hydroxyl groups is 1. The van der Waals surface area contributed by atoms with E-state index >= 15 is 0 Å². The molecule has 128 valence electrons. The first-order valence-corrected chi connectivity index (χ1v) is 9.40. The van der Waals surface area contributed by atoms with Gasteiger partial charge in [-0.1, -0.05) is 25.1 Å². The molecule has 3 nitrogen and oxygen atoms in total. The normalized spacial score (nSPS) is 26.7. The molecule has 1 saturated heterocycles. The molecule has 1 aromatic carbocycles. The summed E-state index contributed by atoms with van der Waals surface area (Å²) in [5.74, 6) is 0.534. The number of hydrogen-bond donors (Lipinski definition) is 2. The molecule has 23 heavy (non-hydrogen) atoms. The molecule has 1 aliphatic heterocycles. The standard InChI is InChI=1S/C20H32N2O/c1-2-20(23)11-16-10-19(21)14-22(13-16)12-15-7-8-17-5-3-4-6-18(17)9-15/h7-9,16,19-20,23H,2-6,10-14,21H2,1H3. The van der Waals surface area contributed by atoms with Crippen LogP contribution in [0.1, 0.15) is 55.7 Å². The van der Waals surface area contributed by atoms with Crippen LogP contribution < -0.4 is 5.73 Å². The van der Waals surface area contributed by atoms with Crippen LogP contribution in [0.2, 0.25) is 0 Å². The summed E-state index contributed by atoms with van der Waals surface area (Å²) >= 11 is 0. The van der Waals surface area contributed by atoms with E-state index in [2.05, 4.69) is 30.0 Å². The van der Waals surface area contributed by atoms with Gasteiger partial charge in [-0.25, -0.2) is 0 Å². The van der Waals surface area contributed by atoms with Crippen LogP contribution in [0.3, 0.4) is 0 Å². The van der Waals surface area contributed by atoms with Gasteiger partial charge >= 0.3 is 0 Å². The molecule has 1 heterocycles. The highest BCUT2D eigenvalue weighted by Gasteiger charge is 2.26. The minimum atomic E-state index is -0.170. The summed E-state index contributed by atoms with van der Waals surface area (Å²) in [5.41, 5.74) is 10.8. The van der Waals surface area contributed by atoms with E-state index in [0.717, 1.165) is 38.9 Å². The zero-order chi connectivity index (χ0) is 16.2. The van der Waals surface area contributed by atoms with Gasteiger partial charge in [0.25, 0.3) is 0 Å². The van der Waals surface area contributed by atoms with Crippen molar-refractivity contribution in [2.45, 2.75) is 70.6 Å². The summed E-state index contributed by atoms with van der Waals surface area (Å²) < 4.78 is 0. The van der Waals surface area contributed by atoms with Gasteiger partial charge < -0.3 is 10.8 Å². The first-order chi connectivity index (χ1) is 11.1. The fourth-order valence-corrected chi connectivity index (χ4v) is 4.34. The highest BCUT2D eigenvalue weighted by Crippen LogP contribution is 2.25. The van der Waals surface area contributed by atoms with Crippen LogP contribution in [-0.4, -0.2) is 35.2 Å². The SMILES string of the molecule is CCC(O)CC1CC(N)CN(Cc2ccc3c(c2)CCCC3)C1. The molecule has 0 spiro atoms. The van der Waals surface area contributed by atoms with Crippen molar-refractivity contribution < 1.29 is 5.11 Å². The van der Waals surface area contributed by atoms with Gasteiger partial charge in [-0.3, -0.25) is 4.90 Å². The molecule has 1 aliphatic carbocycles. The predicted molar refractivity (Wildman–Crippen MR) is 95.4 cm³/mol. The second kappa shape index (κ2) is 7.78. The Morgan fingerprint density at radius 3 is 2.78 bits per heavy atom. The summed E-state index contributed by atoms with van der Waals surface area (Å²) in [7, 11) is 0. The van der Waals surface area contributed by atoms with Crippen molar-refractivity contribution in [3.05, 3.63) is 34.9 Å². The molecule has 1 fully saturated rings.